The van der Waals surface area contributed by atoms with E-state index in [4.69, 9.17) is 4.74 Å². The van der Waals surface area contributed by atoms with Gasteiger partial charge in [0.25, 0.3) is 0 Å². The van der Waals surface area contributed by atoms with Crippen LogP contribution in [0.5, 0.6) is 5.75 Å². The third kappa shape index (κ3) is 3.45. The summed E-state index contributed by atoms with van der Waals surface area (Å²) in [4.78, 5) is 15.7. The highest BCUT2D eigenvalue weighted by Gasteiger charge is 2.22. The zero-order chi connectivity index (χ0) is 18.8. The fraction of sp³-hybridized carbons (Fsp3) is 0.261. The molecule has 0 aliphatic heterocycles. The number of hydrogen-bond acceptors (Lipinski definition) is 3. The van der Waals surface area contributed by atoms with Crippen molar-refractivity contribution >= 4 is 17.1 Å². The molecule has 0 radical (unpaired) electrons. The van der Waals surface area contributed by atoms with E-state index in [1.54, 1.807) is 18.4 Å². The number of hydrogen-bond donors (Lipinski definition) is 0. The van der Waals surface area contributed by atoms with Gasteiger partial charge in [-0.05, 0) is 62.1 Å². The fourth-order valence-corrected chi connectivity index (χ4v) is 4.66. The van der Waals surface area contributed by atoms with Crippen molar-refractivity contribution in [3.63, 3.8) is 0 Å². The van der Waals surface area contributed by atoms with Gasteiger partial charge in [-0.15, -0.1) is 11.3 Å². The first-order chi connectivity index (χ1) is 12.4. The van der Waals surface area contributed by atoms with Gasteiger partial charge in [0.2, 0.25) is 0 Å². The van der Waals surface area contributed by atoms with E-state index >= 15 is 0 Å². The maximum atomic E-state index is 13.4. The van der Waals surface area contributed by atoms with Crippen LogP contribution >= 0.6 is 11.3 Å². The minimum atomic E-state index is 0.103. The summed E-state index contributed by atoms with van der Waals surface area (Å²) in [5.74, 6) is 0.955. The van der Waals surface area contributed by atoms with E-state index in [1.807, 2.05) is 44.2 Å². The summed E-state index contributed by atoms with van der Waals surface area (Å²) in [7, 11) is 1.67. The molecule has 2 nitrogen and oxygen atoms in total. The van der Waals surface area contributed by atoms with Crippen LogP contribution in [0.2, 0.25) is 0 Å². The van der Waals surface area contributed by atoms with Gasteiger partial charge >= 0.3 is 0 Å². The number of carbonyl (C=O) groups excluding carboxylic acids is 1. The van der Waals surface area contributed by atoms with Crippen LogP contribution in [0.15, 0.2) is 42.5 Å². The molecule has 3 heteroatoms. The van der Waals surface area contributed by atoms with Crippen molar-refractivity contribution in [3.8, 4) is 5.75 Å². The van der Waals surface area contributed by atoms with Crippen molar-refractivity contribution in [1.82, 2.24) is 0 Å². The third-order valence-electron chi connectivity index (χ3n) is 4.82. The zero-order valence-corrected chi connectivity index (χ0v) is 16.8. The van der Waals surface area contributed by atoms with Crippen LogP contribution in [0.3, 0.4) is 0 Å². The molecular weight excluding hydrogens is 340 g/mol. The Hall–Kier alpha value is -2.39. The van der Waals surface area contributed by atoms with Crippen molar-refractivity contribution < 1.29 is 9.53 Å². The Morgan fingerprint density at radius 1 is 1.00 bits per heavy atom. The molecule has 3 aromatic rings. The topological polar surface area (TPSA) is 26.3 Å². The summed E-state index contributed by atoms with van der Waals surface area (Å²) in [5.41, 5.74) is 5.90. The molecule has 0 aliphatic carbocycles. The molecule has 0 amide bonds. The Kier molecular flexibility index (Phi) is 5.28. The summed E-state index contributed by atoms with van der Waals surface area (Å²) in [6, 6.07) is 14.2. The minimum absolute atomic E-state index is 0.103. The molecule has 0 spiro atoms. The molecule has 0 N–H and O–H groups in total. The molecule has 0 aliphatic rings. The predicted molar refractivity (Wildman–Crippen MR) is 109 cm³/mol. The third-order valence-corrected chi connectivity index (χ3v) is 6.03. The monoisotopic (exact) mass is 364 g/mol. The molecule has 3 rings (SSSR count). The first-order valence-corrected chi connectivity index (χ1v) is 9.56. The maximum Gasteiger partial charge on any atom is 0.194 e. The lowest BCUT2D eigenvalue weighted by Crippen LogP contribution is -2.07. The first kappa shape index (κ1) is 18.4. The van der Waals surface area contributed by atoms with Crippen molar-refractivity contribution in [2.24, 2.45) is 0 Å². The number of carbonyl (C=O) groups is 1. The smallest absolute Gasteiger partial charge is 0.194 e. The van der Waals surface area contributed by atoms with Gasteiger partial charge in [-0.25, -0.2) is 0 Å². The van der Waals surface area contributed by atoms with Crippen molar-refractivity contribution in [2.45, 2.75) is 34.1 Å². The maximum absolute atomic E-state index is 13.4. The summed E-state index contributed by atoms with van der Waals surface area (Å²) < 4.78 is 5.44. The molecule has 0 saturated heterocycles. The van der Waals surface area contributed by atoms with Crippen molar-refractivity contribution in [1.29, 1.82) is 0 Å². The number of rotatable bonds is 5. The Balaban J connectivity index is 2.05. The SMILES string of the molecule is COc1c(C)cc(C(=O)c2c(Cc3ccccc3)sc(C)c2C)cc1C. The Morgan fingerprint density at radius 2 is 1.62 bits per heavy atom. The number of methoxy groups -OCH3 is 1. The second kappa shape index (κ2) is 7.46. The van der Waals surface area contributed by atoms with E-state index in [9.17, 15) is 4.79 Å². The summed E-state index contributed by atoms with van der Waals surface area (Å²) in [6.45, 7) is 8.12. The van der Waals surface area contributed by atoms with Gasteiger partial charge in [-0.3, -0.25) is 4.79 Å². The fourth-order valence-electron chi connectivity index (χ4n) is 3.45. The van der Waals surface area contributed by atoms with Gasteiger partial charge in [0, 0.05) is 27.3 Å². The van der Waals surface area contributed by atoms with Crippen LogP contribution in [0, 0.1) is 27.7 Å². The summed E-state index contributed by atoms with van der Waals surface area (Å²) in [6.07, 6.45) is 0.787. The van der Waals surface area contributed by atoms with Crippen LogP contribution in [-0.4, -0.2) is 12.9 Å². The van der Waals surface area contributed by atoms with E-state index in [2.05, 4.69) is 26.0 Å². The highest BCUT2D eigenvalue weighted by molar-refractivity contribution is 7.12. The van der Waals surface area contributed by atoms with E-state index < -0.39 is 0 Å². The van der Waals surface area contributed by atoms with Crippen molar-refractivity contribution in [2.75, 3.05) is 7.11 Å². The lowest BCUT2D eigenvalue weighted by atomic mass is 9.94. The standard InChI is InChI=1S/C23H24O2S/c1-14-11-19(12-15(2)23(14)25-5)22(24)21-16(3)17(4)26-20(21)13-18-9-7-6-8-10-18/h6-12H,13H2,1-5H3. The zero-order valence-electron chi connectivity index (χ0n) is 16.0. The van der Waals surface area contributed by atoms with Gasteiger partial charge in [0.15, 0.2) is 5.78 Å². The molecule has 0 bridgehead atoms. The average molecular weight is 365 g/mol. The highest BCUT2D eigenvalue weighted by atomic mass is 32.1. The normalized spacial score (nSPS) is 10.8. The molecule has 0 atom stereocenters. The molecule has 1 aromatic heterocycles. The van der Waals surface area contributed by atoms with Gasteiger partial charge in [-0.2, -0.15) is 0 Å². The van der Waals surface area contributed by atoms with Crippen molar-refractivity contribution in [3.05, 3.63) is 85.6 Å². The molecular formula is C23H24O2S. The highest BCUT2D eigenvalue weighted by Crippen LogP contribution is 2.33. The molecule has 0 unspecified atom stereocenters. The number of ketones is 1. The van der Waals surface area contributed by atoms with E-state index in [1.165, 1.54) is 10.4 Å². The van der Waals surface area contributed by atoms with Crippen LogP contribution in [0.1, 0.15) is 47.9 Å². The number of aryl methyl sites for hydroxylation is 3. The molecule has 0 fully saturated rings. The van der Waals surface area contributed by atoms with Crippen LogP contribution in [-0.2, 0) is 6.42 Å². The number of thiophene rings is 1. The number of benzene rings is 2. The second-order valence-corrected chi connectivity index (χ2v) is 8.03. The van der Waals surface area contributed by atoms with Gasteiger partial charge in [-0.1, -0.05) is 30.3 Å². The molecule has 0 saturated carbocycles. The van der Waals surface area contributed by atoms with Crippen LogP contribution < -0.4 is 4.74 Å². The first-order valence-electron chi connectivity index (χ1n) is 8.75. The second-order valence-electron chi connectivity index (χ2n) is 6.72. The largest absolute Gasteiger partial charge is 0.496 e. The van der Waals surface area contributed by atoms with E-state index in [0.29, 0.717) is 0 Å². The average Bonchev–Trinajstić information content (AvgIpc) is 2.88. The van der Waals surface area contributed by atoms with Crippen LogP contribution in [0.25, 0.3) is 0 Å². The Morgan fingerprint density at radius 3 is 2.19 bits per heavy atom. The van der Waals surface area contributed by atoms with Crippen LogP contribution in [0.4, 0.5) is 0 Å². The molecule has 134 valence electrons. The van der Waals surface area contributed by atoms with E-state index in [0.717, 1.165) is 44.9 Å². The van der Waals surface area contributed by atoms with Gasteiger partial charge < -0.3 is 4.74 Å². The Labute approximate surface area is 159 Å². The van der Waals surface area contributed by atoms with Gasteiger partial charge in [0.05, 0.1) is 7.11 Å². The summed E-state index contributed by atoms with van der Waals surface area (Å²) >= 11 is 1.73. The summed E-state index contributed by atoms with van der Waals surface area (Å²) in [5, 5.41) is 0. The lowest BCUT2D eigenvalue weighted by molar-refractivity contribution is 0.103. The molecule has 1 heterocycles. The lowest BCUT2D eigenvalue weighted by Gasteiger charge is -2.12. The Bertz CT molecular complexity index is 929. The minimum Gasteiger partial charge on any atom is -0.496 e. The van der Waals surface area contributed by atoms with E-state index in [-0.39, 0.29) is 5.78 Å². The van der Waals surface area contributed by atoms with Gasteiger partial charge in [0.1, 0.15) is 5.75 Å². The predicted octanol–water partition coefficient (Wildman–Crippen LogP) is 5.81. The number of ether oxygens (including phenoxy) is 1. The molecule has 2 aromatic carbocycles. The molecule has 26 heavy (non-hydrogen) atoms. The quantitative estimate of drug-likeness (QED) is 0.534.